The highest BCUT2D eigenvalue weighted by Crippen LogP contribution is 2.38. The predicted molar refractivity (Wildman–Crippen MR) is 106 cm³/mol. The number of carboxylic acids is 2. The van der Waals surface area contributed by atoms with E-state index in [9.17, 15) is 19.8 Å². The molecule has 0 saturated carbocycles. The molecule has 0 heterocycles. The molecule has 5 heteroatoms. The third-order valence-corrected chi connectivity index (χ3v) is 6.59. The fraction of sp³-hybridized carbons (Fsp3) is 0.900. The van der Waals surface area contributed by atoms with Gasteiger partial charge in [-0.3, -0.25) is 9.59 Å². The second-order valence-corrected chi connectivity index (χ2v) is 8.45. The van der Waals surface area contributed by atoms with Crippen molar-refractivity contribution in [3.8, 4) is 0 Å². The molecule has 4 nitrogen and oxygen atoms in total. The monoisotopic (exact) mass is 374 g/mol. The molecule has 0 saturated heterocycles. The number of rotatable bonds is 16. The van der Waals surface area contributed by atoms with Crippen molar-refractivity contribution in [2.24, 2.45) is 11.8 Å². The van der Waals surface area contributed by atoms with Crippen LogP contribution in [0.15, 0.2) is 0 Å². The maximum atomic E-state index is 11.8. The van der Waals surface area contributed by atoms with Gasteiger partial charge in [0.25, 0.3) is 0 Å². The zero-order chi connectivity index (χ0) is 19.2. The minimum atomic E-state index is -0.730. The van der Waals surface area contributed by atoms with E-state index in [4.69, 9.17) is 0 Å². The molecular formula is C20H38O4S. The van der Waals surface area contributed by atoms with Crippen LogP contribution >= 0.6 is 11.8 Å². The predicted octanol–water partition coefficient (Wildman–Crippen LogP) is 5.84. The molecule has 0 aromatic rings. The maximum absolute atomic E-state index is 11.8. The fourth-order valence-electron chi connectivity index (χ4n) is 3.32. The van der Waals surface area contributed by atoms with Crippen LogP contribution < -0.4 is 0 Å². The van der Waals surface area contributed by atoms with Crippen LogP contribution in [0, 0.1) is 11.8 Å². The van der Waals surface area contributed by atoms with E-state index in [1.54, 1.807) is 11.8 Å². The zero-order valence-corrected chi connectivity index (χ0v) is 17.3. The van der Waals surface area contributed by atoms with Crippen molar-refractivity contribution in [3.05, 3.63) is 0 Å². The number of carbonyl (C=O) groups is 2. The van der Waals surface area contributed by atoms with Gasteiger partial charge in [-0.2, -0.15) is 11.8 Å². The number of hydrogen-bond donors (Lipinski definition) is 2. The van der Waals surface area contributed by atoms with Crippen LogP contribution in [0.4, 0.5) is 0 Å². The Bertz CT molecular complexity index is 339. The largest absolute Gasteiger partial charge is 0.481 e. The average molecular weight is 375 g/mol. The summed E-state index contributed by atoms with van der Waals surface area (Å²) in [5, 5.41) is 19.4. The van der Waals surface area contributed by atoms with E-state index in [1.807, 2.05) is 13.8 Å². The average Bonchev–Trinajstić information content (AvgIpc) is 2.57. The Morgan fingerprint density at radius 2 is 1.04 bits per heavy atom. The first-order valence-electron chi connectivity index (χ1n) is 10.0. The molecule has 0 aromatic carbocycles. The SMILES string of the molecule is CCCCC(SC(CCCC)C(CCC)C(=O)O)C(CCC)C(=O)O. The van der Waals surface area contributed by atoms with Crippen LogP contribution in [0.1, 0.15) is 91.9 Å². The standard InChI is InChI=1S/C20H38O4S/c1-5-9-13-17(15(11-7-3)19(21)22)25-18(14-10-6-2)16(12-8-4)20(23)24/h15-18H,5-14H2,1-4H3,(H,21,22)(H,23,24). The van der Waals surface area contributed by atoms with Gasteiger partial charge in [0.1, 0.15) is 0 Å². The lowest BCUT2D eigenvalue weighted by Crippen LogP contribution is -2.32. The van der Waals surface area contributed by atoms with E-state index < -0.39 is 11.9 Å². The third-order valence-electron chi connectivity index (χ3n) is 4.77. The van der Waals surface area contributed by atoms with Crippen molar-refractivity contribution >= 4 is 23.7 Å². The van der Waals surface area contributed by atoms with Crippen LogP contribution in [0.3, 0.4) is 0 Å². The molecule has 0 amide bonds. The van der Waals surface area contributed by atoms with Crippen molar-refractivity contribution in [1.82, 2.24) is 0 Å². The van der Waals surface area contributed by atoms with Crippen LogP contribution in [0.5, 0.6) is 0 Å². The smallest absolute Gasteiger partial charge is 0.307 e. The van der Waals surface area contributed by atoms with Gasteiger partial charge in [-0.1, -0.05) is 66.2 Å². The van der Waals surface area contributed by atoms with Crippen LogP contribution in [-0.2, 0) is 9.59 Å². The molecule has 2 N–H and O–H groups in total. The van der Waals surface area contributed by atoms with Gasteiger partial charge in [0, 0.05) is 10.5 Å². The first-order chi connectivity index (χ1) is 11.9. The fourth-order valence-corrected chi connectivity index (χ4v) is 5.26. The molecule has 0 spiro atoms. The summed E-state index contributed by atoms with van der Waals surface area (Å²) in [5.74, 6) is -2.21. The van der Waals surface area contributed by atoms with Gasteiger partial charge < -0.3 is 10.2 Å². The van der Waals surface area contributed by atoms with Crippen molar-refractivity contribution in [1.29, 1.82) is 0 Å². The summed E-state index contributed by atoms with van der Waals surface area (Å²) in [7, 11) is 0. The molecule has 0 fully saturated rings. The Hall–Kier alpha value is -0.710. The Labute approximate surface area is 158 Å². The Morgan fingerprint density at radius 3 is 1.28 bits per heavy atom. The Balaban J connectivity index is 5.38. The van der Waals surface area contributed by atoms with E-state index in [2.05, 4.69) is 13.8 Å². The van der Waals surface area contributed by atoms with Gasteiger partial charge in [-0.15, -0.1) is 0 Å². The van der Waals surface area contributed by atoms with Crippen LogP contribution in [-0.4, -0.2) is 32.7 Å². The minimum Gasteiger partial charge on any atom is -0.481 e. The molecule has 0 aliphatic heterocycles. The zero-order valence-electron chi connectivity index (χ0n) is 16.5. The normalized spacial score (nSPS) is 16.2. The summed E-state index contributed by atoms with van der Waals surface area (Å²) in [6.45, 7) is 8.26. The van der Waals surface area contributed by atoms with Gasteiger partial charge in [-0.25, -0.2) is 0 Å². The molecular weight excluding hydrogens is 336 g/mol. The highest BCUT2D eigenvalue weighted by atomic mass is 32.2. The number of thioether (sulfide) groups is 1. The first-order valence-corrected chi connectivity index (χ1v) is 11.0. The first kappa shape index (κ1) is 24.3. The number of unbranched alkanes of at least 4 members (excludes halogenated alkanes) is 2. The number of carboxylic acid groups (broad SMARTS) is 2. The van der Waals surface area contributed by atoms with E-state index >= 15 is 0 Å². The molecule has 0 aliphatic carbocycles. The summed E-state index contributed by atoms with van der Waals surface area (Å²) in [4.78, 5) is 23.6. The highest BCUT2D eigenvalue weighted by Gasteiger charge is 2.34. The van der Waals surface area contributed by atoms with Crippen LogP contribution in [0.2, 0.25) is 0 Å². The summed E-state index contributed by atoms with van der Waals surface area (Å²) < 4.78 is 0. The Kier molecular flexibility index (Phi) is 14.0. The molecule has 0 radical (unpaired) electrons. The minimum absolute atomic E-state index is 0.0120. The highest BCUT2D eigenvalue weighted by molar-refractivity contribution is 8.00. The molecule has 4 unspecified atom stereocenters. The van der Waals surface area contributed by atoms with E-state index in [0.717, 1.165) is 51.4 Å². The van der Waals surface area contributed by atoms with Crippen molar-refractivity contribution in [3.63, 3.8) is 0 Å². The summed E-state index contributed by atoms with van der Waals surface area (Å²) in [6.07, 6.45) is 8.81. The molecule has 148 valence electrons. The van der Waals surface area contributed by atoms with E-state index in [1.165, 1.54) is 0 Å². The summed E-state index contributed by atoms with van der Waals surface area (Å²) in [5.41, 5.74) is 0. The molecule has 0 bridgehead atoms. The maximum Gasteiger partial charge on any atom is 0.307 e. The van der Waals surface area contributed by atoms with Crippen molar-refractivity contribution in [2.75, 3.05) is 0 Å². The van der Waals surface area contributed by atoms with Gasteiger partial charge >= 0.3 is 11.9 Å². The third kappa shape index (κ3) is 9.53. The van der Waals surface area contributed by atoms with Gasteiger partial charge in [0.05, 0.1) is 11.8 Å². The van der Waals surface area contributed by atoms with Crippen molar-refractivity contribution in [2.45, 2.75) is 102 Å². The summed E-state index contributed by atoms with van der Waals surface area (Å²) >= 11 is 1.66. The second-order valence-electron chi connectivity index (χ2n) is 6.96. The second kappa shape index (κ2) is 14.5. The van der Waals surface area contributed by atoms with Crippen molar-refractivity contribution < 1.29 is 19.8 Å². The topological polar surface area (TPSA) is 74.6 Å². The lowest BCUT2D eigenvalue weighted by atomic mass is 9.95. The molecule has 25 heavy (non-hydrogen) atoms. The number of aliphatic carboxylic acids is 2. The Morgan fingerprint density at radius 1 is 0.680 bits per heavy atom. The number of hydrogen-bond acceptors (Lipinski definition) is 3. The van der Waals surface area contributed by atoms with Crippen LogP contribution in [0.25, 0.3) is 0 Å². The van der Waals surface area contributed by atoms with Gasteiger partial charge in [0.15, 0.2) is 0 Å². The quantitative estimate of drug-likeness (QED) is 0.355. The van der Waals surface area contributed by atoms with E-state index in [-0.39, 0.29) is 22.3 Å². The lowest BCUT2D eigenvalue weighted by Gasteiger charge is -2.31. The molecule has 0 aromatic heterocycles. The summed E-state index contributed by atoms with van der Waals surface area (Å²) in [6, 6.07) is 0. The van der Waals surface area contributed by atoms with E-state index in [0.29, 0.717) is 12.8 Å². The molecule has 4 atom stereocenters. The lowest BCUT2D eigenvalue weighted by molar-refractivity contribution is -0.142. The molecule has 0 rings (SSSR count). The van der Waals surface area contributed by atoms with Gasteiger partial charge in [0.2, 0.25) is 0 Å². The van der Waals surface area contributed by atoms with Gasteiger partial charge in [-0.05, 0) is 25.7 Å². The molecule has 0 aliphatic rings.